The van der Waals surface area contributed by atoms with Gasteiger partial charge in [0.2, 0.25) is 0 Å². The van der Waals surface area contributed by atoms with E-state index in [0.717, 1.165) is 38.8 Å². The first kappa shape index (κ1) is 19.1. The number of benzene rings is 2. The van der Waals surface area contributed by atoms with E-state index in [9.17, 15) is 4.79 Å². The van der Waals surface area contributed by atoms with Crippen LogP contribution in [0.1, 0.15) is 21.6 Å². The Kier molecular flexibility index (Phi) is 5.01. The maximum atomic E-state index is 12.1. The average Bonchev–Trinajstić information content (AvgIpc) is 2.73. The Balaban J connectivity index is 2.13. The summed E-state index contributed by atoms with van der Waals surface area (Å²) in [5.41, 5.74) is 8.23. The van der Waals surface area contributed by atoms with Crippen molar-refractivity contribution in [2.75, 3.05) is 0 Å². The third kappa shape index (κ3) is 3.35. The average molecular weight is 404 g/mol. The molecule has 0 atom stereocenters. The molecule has 0 saturated carbocycles. The maximum Gasteiger partial charge on any atom is 0.293 e. The van der Waals surface area contributed by atoms with Gasteiger partial charge in [0.05, 0.1) is 5.52 Å². The number of aromatic nitrogens is 2. The summed E-state index contributed by atoms with van der Waals surface area (Å²) in [6.07, 6.45) is 3.53. The molecule has 0 aliphatic heterocycles. The molecule has 0 saturated heterocycles. The van der Waals surface area contributed by atoms with Gasteiger partial charge in [0.25, 0.3) is 5.91 Å². The topological polar surface area (TPSA) is 75.1 Å². The van der Waals surface area contributed by atoms with Gasteiger partial charge in [-0.25, -0.2) is 10.5 Å². The van der Waals surface area contributed by atoms with Gasteiger partial charge in [0.15, 0.2) is 0 Å². The summed E-state index contributed by atoms with van der Waals surface area (Å²) in [5, 5.41) is 10.6. The fourth-order valence-corrected chi connectivity index (χ4v) is 4.03. The Hall–Kier alpha value is -3.28. The van der Waals surface area contributed by atoms with Gasteiger partial charge < -0.3 is 0 Å². The third-order valence-electron chi connectivity index (χ3n) is 5.01. The SMILES string of the molecule is Cc1cc2nc(C(=O)NO)cc(-c3ccccc3Cl)c2c(C)c1-c1ccncc1. The molecule has 0 aliphatic carbocycles. The summed E-state index contributed by atoms with van der Waals surface area (Å²) in [6.45, 7) is 4.05. The van der Waals surface area contributed by atoms with E-state index in [1.165, 1.54) is 0 Å². The van der Waals surface area contributed by atoms with Crippen molar-refractivity contribution in [2.45, 2.75) is 13.8 Å². The number of aryl methyl sites for hydroxylation is 2. The molecule has 0 spiro atoms. The van der Waals surface area contributed by atoms with Crippen LogP contribution in [0.2, 0.25) is 5.02 Å². The molecule has 0 fully saturated rings. The molecule has 2 aromatic heterocycles. The number of halogens is 1. The number of hydrogen-bond donors (Lipinski definition) is 2. The largest absolute Gasteiger partial charge is 0.293 e. The van der Waals surface area contributed by atoms with Crippen LogP contribution in [0.25, 0.3) is 33.2 Å². The molecule has 5 nitrogen and oxygen atoms in total. The molecule has 0 unspecified atom stereocenters. The highest BCUT2D eigenvalue weighted by molar-refractivity contribution is 6.33. The molecule has 4 aromatic rings. The molecule has 2 aromatic carbocycles. The molecule has 1 amide bonds. The lowest BCUT2D eigenvalue weighted by Gasteiger charge is -2.17. The van der Waals surface area contributed by atoms with Crippen molar-refractivity contribution in [3.05, 3.63) is 82.8 Å². The molecular weight excluding hydrogens is 386 g/mol. The molecule has 6 heteroatoms. The number of rotatable bonds is 3. The summed E-state index contributed by atoms with van der Waals surface area (Å²) >= 11 is 6.49. The molecule has 144 valence electrons. The van der Waals surface area contributed by atoms with Gasteiger partial charge in [0.1, 0.15) is 5.69 Å². The zero-order valence-corrected chi connectivity index (χ0v) is 16.7. The summed E-state index contributed by atoms with van der Waals surface area (Å²) in [4.78, 5) is 20.7. The van der Waals surface area contributed by atoms with E-state index in [0.29, 0.717) is 10.5 Å². The van der Waals surface area contributed by atoms with Crippen LogP contribution in [0.4, 0.5) is 0 Å². The van der Waals surface area contributed by atoms with Gasteiger partial charge in [-0.3, -0.25) is 15.0 Å². The lowest BCUT2D eigenvalue weighted by atomic mass is 9.89. The van der Waals surface area contributed by atoms with Crippen molar-refractivity contribution in [1.29, 1.82) is 0 Å². The highest BCUT2D eigenvalue weighted by atomic mass is 35.5. The van der Waals surface area contributed by atoms with Gasteiger partial charge in [0, 0.05) is 28.4 Å². The molecular formula is C23H18ClN3O2. The second kappa shape index (κ2) is 7.62. The number of carbonyl (C=O) groups is 1. The van der Waals surface area contributed by atoms with Gasteiger partial charge in [-0.05, 0) is 72.0 Å². The second-order valence-corrected chi connectivity index (χ2v) is 7.21. The monoisotopic (exact) mass is 403 g/mol. The minimum Gasteiger partial charge on any atom is -0.288 e. The van der Waals surface area contributed by atoms with E-state index < -0.39 is 5.91 Å². The number of amides is 1. The highest BCUT2D eigenvalue weighted by Crippen LogP contribution is 2.39. The number of pyridine rings is 2. The first-order chi connectivity index (χ1) is 14.0. The Morgan fingerprint density at radius 3 is 2.45 bits per heavy atom. The quantitative estimate of drug-likeness (QED) is 0.357. The van der Waals surface area contributed by atoms with Gasteiger partial charge >= 0.3 is 0 Å². The van der Waals surface area contributed by atoms with Crippen LogP contribution in [0.3, 0.4) is 0 Å². The minimum absolute atomic E-state index is 0.116. The van der Waals surface area contributed by atoms with E-state index in [1.54, 1.807) is 23.9 Å². The van der Waals surface area contributed by atoms with Crippen LogP contribution < -0.4 is 5.48 Å². The van der Waals surface area contributed by atoms with Crippen LogP contribution in [0, 0.1) is 13.8 Å². The van der Waals surface area contributed by atoms with Crippen LogP contribution in [0.5, 0.6) is 0 Å². The van der Waals surface area contributed by atoms with E-state index in [1.807, 2.05) is 56.3 Å². The van der Waals surface area contributed by atoms with Crippen molar-refractivity contribution in [3.63, 3.8) is 0 Å². The lowest BCUT2D eigenvalue weighted by Crippen LogP contribution is -2.20. The number of carbonyl (C=O) groups excluding carboxylic acids is 1. The number of nitrogens with one attached hydrogen (secondary N) is 1. The van der Waals surface area contributed by atoms with Gasteiger partial charge in [-0.2, -0.15) is 0 Å². The van der Waals surface area contributed by atoms with E-state index in [4.69, 9.17) is 16.8 Å². The van der Waals surface area contributed by atoms with Gasteiger partial charge in [-0.1, -0.05) is 29.8 Å². The van der Waals surface area contributed by atoms with Gasteiger partial charge in [-0.15, -0.1) is 0 Å². The number of nitrogens with zero attached hydrogens (tertiary/aromatic N) is 2. The number of hydrogen-bond acceptors (Lipinski definition) is 4. The zero-order valence-electron chi connectivity index (χ0n) is 15.9. The van der Waals surface area contributed by atoms with Crippen LogP contribution in [0.15, 0.2) is 60.9 Å². The molecule has 4 rings (SSSR count). The fraction of sp³-hybridized carbons (Fsp3) is 0.0870. The number of hydroxylamine groups is 1. The number of fused-ring (bicyclic) bond motifs is 1. The maximum absolute atomic E-state index is 12.1. The predicted octanol–water partition coefficient (Wildman–Crippen LogP) is 5.35. The first-order valence-electron chi connectivity index (χ1n) is 9.06. The zero-order chi connectivity index (χ0) is 20.5. The van der Waals surface area contributed by atoms with E-state index in [-0.39, 0.29) is 5.69 Å². The Labute approximate surface area is 173 Å². The summed E-state index contributed by atoms with van der Waals surface area (Å²) < 4.78 is 0. The minimum atomic E-state index is -0.672. The molecule has 2 heterocycles. The molecule has 29 heavy (non-hydrogen) atoms. The molecule has 0 aliphatic rings. The summed E-state index contributed by atoms with van der Waals surface area (Å²) in [5.74, 6) is -0.672. The van der Waals surface area contributed by atoms with Crippen molar-refractivity contribution in [2.24, 2.45) is 0 Å². The molecule has 0 radical (unpaired) electrons. The first-order valence-corrected chi connectivity index (χ1v) is 9.43. The van der Waals surface area contributed by atoms with E-state index >= 15 is 0 Å². The van der Waals surface area contributed by atoms with Crippen LogP contribution in [-0.2, 0) is 0 Å². The van der Waals surface area contributed by atoms with Crippen molar-refractivity contribution < 1.29 is 10.0 Å². The fourth-order valence-electron chi connectivity index (χ4n) is 3.79. The summed E-state index contributed by atoms with van der Waals surface area (Å²) in [6, 6.07) is 15.0. The van der Waals surface area contributed by atoms with Crippen molar-refractivity contribution >= 4 is 28.4 Å². The second-order valence-electron chi connectivity index (χ2n) is 6.80. The lowest BCUT2D eigenvalue weighted by molar-refractivity contribution is 0.0701. The Morgan fingerprint density at radius 1 is 1.03 bits per heavy atom. The van der Waals surface area contributed by atoms with Crippen LogP contribution in [-0.4, -0.2) is 21.1 Å². The smallest absolute Gasteiger partial charge is 0.288 e. The standard InChI is InChI=1S/C23H18ClN3O2/c1-13-11-19-22(14(2)21(13)15-7-9-25-10-8-15)17(12-20(26-19)23(28)27-29)16-5-3-4-6-18(16)24/h3-12,29H,1-2H3,(H,27,28). The van der Waals surface area contributed by atoms with Crippen molar-refractivity contribution in [1.82, 2.24) is 15.4 Å². The molecule has 2 N–H and O–H groups in total. The van der Waals surface area contributed by atoms with Crippen molar-refractivity contribution in [3.8, 4) is 22.3 Å². The third-order valence-corrected chi connectivity index (χ3v) is 5.34. The Morgan fingerprint density at radius 2 is 1.76 bits per heavy atom. The Bertz CT molecular complexity index is 1240. The predicted molar refractivity (Wildman–Crippen MR) is 114 cm³/mol. The van der Waals surface area contributed by atoms with Crippen LogP contribution >= 0.6 is 11.6 Å². The molecule has 0 bridgehead atoms. The summed E-state index contributed by atoms with van der Waals surface area (Å²) in [7, 11) is 0. The normalized spacial score (nSPS) is 10.9. The highest BCUT2D eigenvalue weighted by Gasteiger charge is 2.19. The van der Waals surface area contributed by atoms with E-state index in [2.05, 4.69) is 9.97 Å².